The lowest BCUT2D eigenvalue weighted by Crippen LogP contribution is -2.24. The Morgan fingerprint density at radius 3 is 2.55 bits per heavy atom. The molecule has 0 aliphatic heterocycles. The number of nitrogens with zero attached hydrogens (tertiary/aromatic N) is 1. The molecule has 0 atom stereocenters. The van der Waals surface area contributed by atoms with Gasteiger partial charge in [-0.25, -0.2) is 4.79 Å². The second-order valence-electron chi connectivity index (χ2n) is 7.25. The van der Waals surface area contributed by atoms with Crippen LogP contribution in [0.1, 0.15) is 40.5 Å². The first-order chi connectivity index (χ1) is 15.9. The lowest BCUT2D eigenvalue weighted by Gasteiger charge is -2.13. The number of halogens is 2. The Morgan fingerprint density at radius 1 is 1.09 bits per heavy atom. The molecule has 0 spiro atoms. The summed E-state index contributed by atoms with van der Waals surface area (Å²) in [6.07, 6.45) is 5.19. The minimum absolute atomic E-state index is 0.0433. The number of hydrogen-bond acceptors (Lipinski definition) is 4. The maximum atomic E-state index is 12.8. The highest BCUT2D eigenvalue weighted by molar-refractivity contribution is 7.95. The fourth-order valence-electron chi connectivity index (χ4n) is 3.10. The number of carboxylic acid groups (broad SMARTS) is 1. The summed E-state index contributed by atoms with van der Waals surface area (Å²) in [4.78, 5) is 23.8. The molecule has 5 nitrogen and oxygen atoms in total. The van der Waals surface area contributed by atoms with Crippen molar-refractivity contribution in [2.75, 3.05) is 5.75 Å². The number of hydrogen-bond donors (Lipinski definition) is 1. The van der Waals surface area contributed by atoms with Gasteiger partial charge in [-0.15, -0.1) is 0 Å². The van der Waals surface area contributed by atoms with E-state index in [4.69, 9.17) is 32.5 Å². The van der Waals surface area contributed by atoms with Crippen LogP contribution in [0.25, 0.3) is 12.2 Å². The molecule has 1 heterocycles. The lowest BCUT2D eigenvalue weighted by molar-refractivity contribution is 0.0697. The van der Waals surface area contributed by atoms with E-state index in [9.17, 15) is 9.59 Å². The van der Waals surface area contributed by atoms with Gasteiger partial charge in [0.2, 0.25) is 0 Å². The third-order valence-corrected chi connectivity index (χ3v) is 6.26. The van der Waals surface area contributed by atoms with Crippen molar-refractivity contribution >= 4 is 53.4 Å². The number of aryl methyl sites for hydroxylation is 1. The Morgan fingerprint density at radius 2 is 1.85 bits per heavy atom. The zero-order valence-corrected chi connectivity index (χ0v) is 20.3. The average Bonchev–Trinajstić information content (AvgIpc) is 2.80. The topological polar surface area (TPSA) is 68.5 Å². The number of rotatable bonds is 10. The molecule has 0 radical (unpaired) electrons. The second-order valence-corrected chi connectivity index (χ2v) is 8.87. The van der Waals surface area contributed by atoms with Crippen LogP contribution in [0.5, 0.6) is 5.75 Å². The summed E-state index contributed by atoms with van der Waals surface area (Å²) in [6.45, 7) is 2.43. The molecule has 1 aromatic heterocycles. The van der Waals surface area contributed by atoms with E-state index in [1.165, 1.54) is 22.7 Å². The van der Waals surface area contributed by atoms with Crippen molar-refractivity contribution in [1.82, 2.24) is 4.57 Å². The molecule has 0 fully saturated rings. The van der Waals surface area contributed by atoms with E-state index in [-0.39, 0.29) is 16.1 Å². The number of aromatic nitrogens is 1. The van der Waals surface area contributed by atoms with Gasteiger partial charge in [-0.05, 0) is 60.4 Å². The first kappa shape index (κ1) is 25.0. The summed E-state index contributed by atoms with van der Waals surface area (Å²) in [7, 11) is 0. The van der Waals surface area contributed by atoms with Crippen LogP contribution in [0.3, 0.4) is 0 Å². The Labute approximate surface area is 206 Å². The summed E-state index contributed by atoms with van der Waals surface area (Å²) < 4.78 is 7.21. The normalized spacial score (nSPS) is 11.1. The van der Waals surface area contributed by atoms with Crippen molar-refractivity contribution in [2.24, 2.45) is 0 Å². The van der Waals surface area contributed by atoms with Gasteiger partial charge in [0.15, 0.2) is 0 Å². The largest absolute Gasteiger partial charge is 0.478 e. The van der Waals surface area contributed by atoms with E-state index in [2.05, 4.69) is 6.92 Å². The minimum Gasteiger partial charge on any atom is -0.478 e. The van der Waals surface area contributed by atoms with Crippen LogP contribution in [0.4, 0.5) is 0 Å². The van der Waals surface area contributed by atoms with Gasteiger partial charge in [-0.3, -0.25) is 4.79 Å². The van der Waals surface area contributed by atoms with Gasteiger partial charge >= 0.3 is 5.97 Å². The third kappa shape index (κ3) is 6.90. The van der Waals surface area contributed by atoms with E-state index < -0.39 is 5.97 Å². The van der Waals surface area contributed by atoms with E-state index in [0.717, 1.165) is 29.1 Å². The van der Waals surface area contributed by atoms with E-state index in [0.29, 0.717) is 23.7 Å². The lowest BCUT2D eigenvalue weighted by atomic mass is 10.1. The minimum atomic E-state index is -0.981. The van der Waals surface area contributed by atoms with E-state index >= 15 is 0 Å². The average molecular weight is 504 g/mol. The molecule has 0 aliphatic carbocycles. The Kier molecular flexibility index (Phi) is 9.06. The highest BCUT2D eigenvalue weighted by Crippen LogP contribution is 2.23. The molecule has 3 aromatic rings. The van der Waals surface area contributed by atoms with Gasteiger partial charge in [-0.2, -0.15) is 0 Å². The van der Waals surface area contributed by atoms with E-state index in [1.54, 1.807) is 30.3 Å². The number of pyridine rings is 1. The van der Waals surface area contributed by atoms with E-state index in [1.807, 2.05) is 30.3 Å². The van der Waals surface area contributed by atoms with Gasteiger partial charge in [0.25, 0.3) is 5.56 Å². The summed E-state index contributed by atoms with van der Waals surface area (Å²) in [5.74, 6) is 0.677. The molecule has 1 N–H and O–H groups in total. The first-order valence-electron chi connectivity index (χ1n) is 10.4. The van der Waals surface area contributed by atoms with Gasteiger partial charge in [0.05, 0.1) is 28.3 Å². The quantitative estimate of drug-likeness (QED) is 0.246. The second kappa shape index (κ2) is 12.0. The number of carbonyl (C=O) groups is 1. The molecule has 0 amide bonds. The molecular weight excluding hydrogens is 481 g/mol. The molecule has 0 saturated carbocycles. The summed E-state index contributed by atoms with van der Waals surface area (Å²) in [6, 6.07) is 15.6. The van der Waals surface area contributed by atoms with Crippen LogP contribution < -0.4 is 9.74 Å². The zero-order chi connectivity index (χ0) is 23.8. The Bertz CT molecular complexity index is 1210. The zero-order valence-electron chi connectivity index (χ0n) is 18.0. The van der Waals surface area contributed by atoms with Gasteiger partial charge in [0.1, 0.15) is 10.8 Å². The molecule has 0 saturated heterocycles. The van der Waals surface area contributed by atoms with Crippen molar-refractivity contribution in [3.63, 3.8) is 0 Å². The summed E-state index contributed by atoms with van der Waals surface area (Å²) in [5, 5.41) is 9.46. The maximum absolute atomic E-state index is 12.8. The molecule has 33 heavy (non-hydrogen) atoms. The SMILES string of the molecule is CCCSOc1cccc(/C=C/c2c(Cl)cc(Cl)c(=O)n2CCc2ccc(C(=O)O)cc2)c1. The smallest absolute Gasteiger partial charge is 0.335 e. The van der Waals surface area contributed by atoms with Crippen LogP contribution in [-0.4, -0.2) is 21.4 Å². The summed E-state index contributed by atoms with van der Waals surface area (Å²) >= 11 is 13.9. The molecule has 0 unspecified atom stereocenters. The molecule has 8 heteroatoms. The molecule has 0 aliphatic rings. The van der Waals surface area contributed by atoms with Gasteiger partial charge in [-0.1, -0.05) is 60.5 Å². The standard InChI is InChI=1S/C25H23Cl2NO4S/c1-2-14-33-32-20-5-3-4-18(15-20)8-11-23-21(26)16-22(27)24(29)28(23)13-12-17-6-9-19(10-7-17)25(30)31/h3-11,15-16H,2,12-14H2,1H3,(H,30,31)/b11-8+. The predicted octanol–water partition coefficient (Wildman–Crippen LogP) is 6.70. The Hall–Kier alpha value is -2.67. The van der Waals surface area contributed by atoms with Crippen molar-refractivity contribution in [1.29, 1.82) is 0 Å². The molecule has 3 rings (SSSR count). The van der Waals surface area contributed by atoms with Crippen LogP contribution in [0, 0.1) is 0 Å². The van der Waals surface area contributed by atoms with Crippen LogP contribution in [-0.2, 0) is 13.0 Å². The first-order valence-corrected chi connectivity index (χ1v) is 12.0. The fraction of sp³-hybridized carbons (Fsp3) is 0.200. The number of carboxylic acids is 1. The van der Waals surface area contributed by atoms with Crippen LogP contribution >= 0.6 is 35.2 Å². The van der Waals surface area contributed by atoms with Crippen LogP contribution in [0.15, 0.2) is 59.4 Å². The van der Waals surface area contributed by atoms with Gasteiger partial charge < -0.3 is 13.9 Å². The predicted molar refractivity (Wildman–Crippen MR) is 137 cm³/mol. The van der Waals surface area contributed by atoms with Crippen molar-refractivity contribution in [3.05, 3.63) is 97.4 Å². The van der Waals surface area contributed by atoms with Crippen LogP contribution in [0.2, 0.25) is 10.0 Å². The maximum Gasteiger partial charge on any atom is 0.335 e. The van der Waals surface area contributed by atoms with Crippen molar-refractivity contribution < 1.29 is 14.1 Å². The van der Waals surface area contributed by atoms with Gasteiger partial charge in [0, 0.05) is 12.3 Å². The molecule has 172 valence electrons. The Balaban J connectivity index is 1.83. The van der Waals surface area contributed by atoms with Crippen molar-refractivity contribution in [3.8, 4) is 5.75 Å². The molecule has 2 aromatic carbocycles. The van der Waals surface area contributed by atoms with Crippen molar-refractivity contribution in [2.45, 2.75) is 26.3 Å². The fourth-order valence-corrected chi connectivity index (χ4v) is 4.13. The number of benzene rings is 2. The number of aromatic carboxylic acids is 1. The third-order valence-electron chi connectivity index (χ3n) is 4.80. The highest BCUT2D eigenvalue weighted by atomic mass is 35.5. The highest BCUT2D eigenvalue weighted by Gasteiger charge is 2.11. The monoisotopic (exact) mass is 503 g/mol. The molecule has 0 bridgehead atoms. The molecular formula is C25H23Cl2NO4S. The summed E-state index contributed by atoms with van der Waals surface area (Å²) in [5.41, 5.74) is 2.21.